The number of unbranched alkanes of at least 4 members (excludes halogenated alkanes) is 11. The lowest BCUT2D eigenvalue weighted by molar-refractivity contribution is 0.0825. The number of rotatable bonds is 22. The van der Waals surface area contributed by atoms with Crippen molar-refractivity contribution in [3.8, 4) is 0 Å². The fourth-order valence-corrected chi connectivity index (χ4v) is 4.02. The molecule has 0 aromatic rings. The average Bonchev–Trinajstić information content (AvgIpc) is 2.66. The van der Waals surface area contributed by atoms with E-state index in [2.05, 4.69) is 18.2 Å². The second-order valence-electron chi connectivity index (χ2n) is 9.10. The number of aliphatic hydroxyl groups is 3. The molecule has 0 spiro atoms. The maximum absolute atomic E-state index is 9.57. The minimum atomic E-state index is -0.339. The number of aliphatic hydroxyl groups excluding tert-OH is 3. The van der Waals surface area contributed by atoms with Crippen molar-refractivity contribution in [1.82, 2.24) is 4.90 Å². The van der Waals surface area contributed by atoms with Crippen molar-refractivity contribution in [2.75, 3.05) is 26.2 Å². The summed E-state index contributed by atoms with van der Waals surface area (Å²) in [6.45, 7) is 8.42. The molecule has 4 heteroatoms. The van der Waals surface area contributed by atoms with E-state index in [0.29, 0.717) is 25.6 Å². The molecule has 0 aliphatic heterocycles. The first-order chi connectivity index (χ1) is 14.0. The molecule has 0 rings (SSSR count). The fourth-order valence-electron chi connectivity index (χ4n) is 4.02. The van der Waals surface area contributed by atoms with Crippen molar-refractivity contribution in [2.24, 2.45) is 5.92 Å². The third-order valence-corrected chi connectivity index (χ3v) is 5.64. The van der Waals surface area contributed by atoms with Crippen LogP contribution in [0.1, 0.15) is 111 Å². The highest BCUT2D eigenvalue weighted by Crippen LogP contribution is 2.18. The summed E-state index contributed by atoms with van der Waals surface area (Å²) < 4.78 is 0. The van der Waals surface area contributed by atoms with Crippen LogP contribution in [0, 0.1) is 12.3 Å². The van der Waals surface area contributed by atoms with Gasteiger partial charge >= 0.3 is 0 Å². The average molecular weight is 415 g/mol. The molecular weight excluding hydrogens is 362 g/mol. The van der Waals surface area contributed by atoms with Crippen LogP contribution in [-0.4, -0.2) is 58.7 Å². The Morgan fingerprint density at radius 3 is 1.79 bits per heavy atom. The zero-order valence-electron chi connectivity index (χ0n) is 19.8. The second-order valence-corrected chi connectivity index (χ2v) is 9.10. The van der Waals surface area contributed by atoms with E-state index in [1.165, 1.54) is 70.6 Å². The molecule has 0 aliphatic carbocycles. The molecule has 0 heterocycles. The Morgan fingerprint density at radius 2 is 1.24 bits per heavy atom. The highest BCUT2D eigenvalue weighted by Gasteiger charge is 2.10. The molecule has 1 radical (unpaired) electrons. The summed E-state index contributed by atoms with van der Waals surface area (Å²) in [5, 5.41) is 28.7. The van der Waals surface area contributed by atoms with E-state index in [-0.39, 0.29) is 12.2 Å². The summed E-state index contributed by atoms with van der Waals surface area (Å²) in [7, 11) is 0. The van der Waals surface area contributed by atoms with Crippen LogP contribution in [0.2, 0.25) is 0 Å². The lowest BCUT2D eigenvalue weighted by Crippen LogP contribution is -2.36. The number of hydrogen-bond acceptors (Lipinski definition) is 4. The Morgan fingerprint density at radius 1 is 0.724 bits per heavy atom. The first kappa shape index (κ1) is 28.8. The van der Waals surface area contributed by atoms with Gasteiger partial charge in [-0.05, 0) is 52.0 Å². The SMILES string of the molecule is CCCCCCCCC([CH]CCCCCCCCN(CC(C)O)CC(C)O)CO. The van der Waals surface area contributed by atoms with Crippen LogP contribution in [-0.2, 0) is 0 Å². The highest BCUT2D eigenvalue weighted by molar-refractivity contribution is 4.75. The highest BCUT2D eigenvalue weighted by atomic mass is 16.3. The maximum Gasteiger partial charge on any atom is 0.0639 e. The van der Waals surface area contributed by atoms with Gasteiger partial charge in [-0.2, -0.15) is 0 Å². The topological polar surface area (TPSA) is 63.9 Å². The van der Waals surface area contributed by atoms with Crippen molar-refractivity contribution in [3.63, 3.8) is 0 Å². The van der Waals surface area contributed by atoms with Crippen molar-refractivity contribution in [2.45, 2.75) is 123 Å². The van der Waals surface area contributed by atoms with Gasteiger partial charge < -0.3 is 15.3 Å². The van der Waals surface area contributed by atoms with E-state index < -0.39 is 0 Å². The molecule has 0 aromatic carbocycles. The molecule has 175 valence electrons. The van der Waals surface area contributed by atoms with Crippen LogP contribution >= 0.6 is 0 Å². The van der Waals surface area contributed by atoms with E-state index >= 15 is 0 Å². The van der Waals surface area contributed by atoms with Gasteiger partial charge in [-0.3, -0.25) is 4.90 Å². The summed E-state index contributed by atoms with van der Waals surface area (Å²) in [6.07, 6.45) is 19.3. The first-order valence-corrected chi connectivity index (χ1v) is 12.5. The molecule has 29 heavy (non-hydrogen) atoms. The Balaban J connectivity index is 3.55. The zero-order chi connectivity index (χ0) is 21.7. The second kappa shape index (κ2) is 21.1. The van der Waals surface area contributed by atoms with E-state index in [1.807, 2.05) is 0 Å². The molecule has 0 bridgehead atoms. The Hall–Kier alpha value is -0.160. The quantitative estimate of drug-likeness (QED) is 0.209. The van der Waals surface area contributed by atoms with Crippen LogP contribution < -0.4 is 0 Å². The number of nitrogens with zero attached hydrogens (tertiary/aromatic N) is 1. The predicted molar refractivity (Wildman–Crippen MR) is 125 cm³/mol. The van der Waals surface area contributed by atoms with Gasteiger partial charge in [0.15, 0.2) is 0 Å². The molecule has 0 saturated heterocycles. The van der Waals surface area contributed by atoms with Crippen LogP contribution in [0.15, 0.2) is 0 Å². The van der Waals surface area contributed by atoms with Crippen LogP contribution in [0.3, 0.4) is 0 Å². The molecule has 0 saturated carbocycles. The van der Waals surface area contributed by atoms with Crippen LogP contribution in [0.4, 0.5) is 0 Å². The molecule has 3 unspecified atom stereocenters. The summed E-state index contributed by atoms with van der Waals surface area (Å²) in [6, 6.07) is 0. The molecule has 0 amide bonds. The molecule has 3 N–H and O–H groups in total. The Bertz CT molecular complexity index is 313. The Labute approximate surface area is 182 Å². The first-order valence-electron chi connectivity index (χ1n) is 12.5. The van der Waals surface area contributed by atoms with Crippen molar-refractivity contribution in [3.05, 3.63) is 6.42 Å². The fraction of sp³-hybridized carbons (Fsp3) is 0.960. The van der Waals surface area contributed by atoms with Crippen molar-refractivity contribution < 1.29 is 15.3 Å². The molecule has 4 nitrogen and oxygen atoms in total. The van der Waals surface area contributed by atoms with E-state index in [1.54, 1.807) is 13.8 Å². The molecule has 0 aliphatic rings. The monoisotopic (exact) mass is 414 g/mol. The van der Waals surface area contributed by atoms with E-state index in [0.717, 1.165) is 25.8 Å². The number of hydrogen-bond donors (Lipinski definition) is 3. The minimum Gasteiger partial charge on any atom is -0.396 e. The molecule has 3 atom stereocenters. The minimum absolute atomic E-state index is 0.310. The summed E-state index contributed by atoms with van der Waals surface area (Å²) in [5.41, 5.74) is 0. The van der Waals surface area contributed by atoms with Gasteiger partial charge in [0.2, 0.25) is 0 Å². The smallest absolute Gasteiger partial charge is 0.0639 e. The van der Waals surface area contributed by atoms with Crippen LogP contribution in [0.5, 0.6) is 0 Å². The largest absolute Gasteiger partial charge is 0.396 e. The summed E-state index contributed by atoms with van der Waals surface area (Å²) in [4.78, 5) is 2.17. The van der Waals surface area contributed by atoms with Gasteiger partial charge in [0.1, 0.15) is 0 Å². The molecule has 0 aromatic heterocycles. The molecule has 0 fully saturated rings. The van der Waals surface area contributed by atoms with Gasteiger partial charge in [0, 0.05) is 19.7 Å². The van der Waals surface area contributed by atoms with E-state index in [9.17, 15) is 15.3 Å². The van der Waals surface area contributed by atoms with Crippen molar-refractivity contribution in [1.29, 1.82) is 0 Å². The normalized spacial score (nSPS) is 15.0. The third kappa shape index (κ3) is 20.9. The van der Waals surface area contributed by atoms with Crippen molar-refractivity contribution >= 4 is 0 Å². The van der Waals surface area contributed by atoms with Gasteiger partial charge in [0.05, 0.1) is 12.2 Å². The van der Waals surface area contributed by atoms with Gasteiger partial charge in [0.25, 0.3) is 0 Å². The van der Waals surface area contributed by atoms with Gasteiger partial charge in [-0.25, -0.2) is 0 Å². The Kier molecular flexibility index (Phi) is 21.0. The lowest BCUT2D eigenvalue weighted by atomic mass is 9.95. The maximum atomic E-state index is 9.57. The zero-order valence-corrected chi connectivity index (χ0v) is 19.8. The summed E-state index contributed by atoms with van der Waals surface area (Å²) in [5.74, 6) is 0.398. The van der Waals surface area contributed by atoms with Gasteiger partial charge in [-0.1, -0.05) is 77.6 Å². The van der Waals surface area contributed by atoms with Crippen LogP contribution in [0.25, 0.3) is 0 Å². The lowest BCUT2D eigenvalue weighted by Gasteiger charge is -2.24. The summed E-state index contributed by atoms with van der Waals surface area (Å²) >= 11 is 0. The third-order valence-electron chi connectivity index (χ3n) is 5.64. The standard InChI is InChI=1S/C25H52NO3/c1-4-5-6-7-11-14-17-25(22-27)18-15-12-9-8-10-13-16-19-26(20-23(2)28)21-24(3)29/h18,23-25,27-29H,4-17,19-22H2,1-3H3. The van der Waals surface area contributed by atoms with E-state index in [4.69, 9.17) is 0 Å². The molecular formula is C25H52NO3. The predicted octanol–water partition coefficient (Wildman–Crippen LogP) is 5.34. The van der Waals surface area contributed by atoms with Gasteiger partial charge in [-0.15, -0.1) is 0 Å².